The predicted octanol–water partition coefficient (Wildman–Crippen LogP) is 10.4. The van der Waals surface area contributed by atoms with Crippen LogP contribution in [-0.4, -0.2) is 15.5 Å². The van der Waals surface area contributed by atoms with Gasteiger partial charge in [-0.15, -0.1) is 0 Å². The molecule has 5 heteroatoms. The Morgan fingerprint density at radius 2 is 1.53 bits per heavy atom. The summed E-state index contributed by atoms with van der Waals surface area (Å²) in [6.45, 7) is 0. The fourth-order valence-corrected chi connectivity index (χ4v) is 9.24. The lowest BCUT2D eigenvalue weighted by molar-refractivity contribution is 0.310. The summed E-state index contributed by atoms with van der Waals surface area (Å²) in [5, 5.41) is 1.40. The topological polar surface area (TPSA) is 57.5 Å². The summed E-state index contributed by atoms with van der Waals surface area (Å²) in [5.74, 6) is 1.96. The normalized spacial score (nSPS) is 18.8. The van der Waals surface area contributed by atoms with Crippen molar-refractivity contribution >= 4 is 40.7 Å². The molecule has 0 spiro atoms. The van der Waals surface area contributed by atoms with E-state index in [-0.39, 0.29) is 0 Å². The highest BCUT2D eigenvalue weighted by Gasteiger charge is 2.28. The van der Waals surface area contributed by atoms with Crippen molar-refractivity contribution in [2.45, 2.75) is 70.6 Å². The van der Waals surface area contributed by atoms with Gasteiger partial charge in [0.05, 0.1) is 11.9 Å². The molecule has 5 aliphatic rings. The van der Waals surface area contributed by atoms with Crippen molar-refractivity contribution in [3.05, 3.63) is 153 Å². The first-order valence-electron chi connectivity index (χ1n) is 18.8. The minimum Gasteiger partial charge on any atom is -0.463 e. The maximum Gasteiger partial charge on any atom is 0.134 e. The number of allylic oxidation sites excluding steroid dienone is 6. The van der Waals surface area contributed by atoms with Crippen LogP contribution in [0.5, 0.6) is 0 Å². The number of benzene rings is 3. The minimum atomic E-state index is 0.758. The largest absolute Gasteiger partial charge is 0.463 e. The number of nitrogens with zero attached hydrogens (tertiary/aromatic N) is 3. The molecule has 1 aliphatic heterocycles. The molecule has 0 saturated heterocycles. The van der Waals surface area contributed by atoms with Crippen molar-refractivity contribution < 1.29 is 4.74 Å². The lowest BCUT2D eigenvalue weighted by Crippen LogP contribution is -2.08. The van der Waals surface area contributed by atoms with Crippen molar-refractivity contribution in [3.8, 4) is 11.4 Å². The van der Waals surface area contributed by atoms with Crippen LogP contribution in [0.15, 0.2) is 113 Å². The van der Waals surface area contributed by atoms with Gasteiger partial charge in [-0.3, -0.25) is 0 Å². The van der Waals surface area contributed by atoms with Gasteiger partial charge in [-0.1, -0.05) is 60.7 Å². The third kappa shape index (κ3) is 5.01. The van der Waals surface area contributed by atoms with Crippen LogP contribution in [0.25, 0.3) is 45.7 Å². The molecule has 0 radical (unpaired) electrons. The number of rotatable bonds is 5. The van der Waals surface area contributed by atoms with Crippen molar-refractivity contribution in [3.63, 3.8) is 0 Å². The van der Waals surface area contributed by atoms with Crippen LogP contribution in [0.4, 0.5) is 0 Å². The average molecular weight is 667 g/mol. The summed E-state index contributed by atoms with van der Waals surface area (Å²) < 4.78 is 11.4. The summed E-state index contributed by atoms with van der Waals surface area (Å²) in [5.41, 5.74) is 24.2. The van der Waals surface area contributed by atoms with E-state index in [0.29, 0.717) is 0 Å². The van der Waals surface area contributed by atoms with E-state index in [4.69, 9.17) is 10.5 Å². The third-order valence-corrected chi connectivity index (χ3v) is 11.6. The molecule has 51 heavy (non-hydrogen) atoms. The molecule has 5 nitrogen and oxygen atoms in total. The molecule has 0 bridgehead atoms. The Balaban J connectivity index is 1.03. The quantitative estimate of drug-likeness (QED) is 0.150. The molecule has 252 valence electrons. The van der Waals surface area contributed by atoms with E-state index in [9.17, 15) is 0 Å². The Morgan fingerprint density at radius 1 is 0.725 bits per heavy atom. The van der Waals surface area contributed by atoms with E-state index < -0.39 is 0 Å². The second-order valence-electron chi connectivity index (χ2n) is 14.5. The molecule has 5 aromatic rings. The van der Waals surface area contributed by atoms with Gasteiger partial charge in [-0.25, -0.2) is 4.99 Å². The van der Waals surface area contributed by atoms with Crippen LogP contribution < -0.4 is 5.73 Å². The van der Waals surface area contributed by atoms with Crippen LogP contribution >= 0.6 is 0 Å². The van der Waals surface area contributed by atoms with Crippen molar-refractivity contribution in [1.82, 2.24) is 9.13 Å². The first-order valence-corrected chi connectivity index (χ1v) is 18.8. The summed E-state index contributed by atoms with van der Waals surface area (Å²) in [7, 11) is 0. The summed E-state index contributed by atoms with van der Waals surface area (Å²) in [6, 6.07) is 27.0. The molecule has 3 heterocycles. The fraction of sp³-hybridized carbons (Fsp3) is 0.239. The van der Waals surface area contributed by atoms with Gasteiger partial charge in [0.25, 0.3) is 0 Å². The Bertz CT molecular complexity index is 2410. The molecule has 0 saturated carbocycles. The minimum absolute atomic E-state index is 0.758. The summed E-state index contributed by atoms with van der Waals surface area (Å²) in [4.78, 5) is 4.59. The van der Waals surface area contributed by atoms with E-state index in [0.717, 1.165) is 80.6 Å². The third-order valence-electron chi connectivity index (χ3n) is 11.6. The number of ether oxygens (including phenoxy) is 1. The number of hydrogen-bond acceptors (Lipinski definition) is 2. The van der Waals surface area contributed by atoms with Crippen molar-refractivity contribution in [2.24, 2.45) is 10.7 Å². The molecule has 3 aromatic carbocycles. The second-order valence-corrected chi connectivity index (χ2v) is 14.5. The van der Waals surface area contributed by atoms with E-state index in [1.165, 1.54) is 91.9 Å². The zero-order chi connectivity index (χ0) is 33.9. The predicted molar refractivity (Wildman–Crippen MR) is 210 cm³/mol. The van der Waals surface area contributed by atoms with Gasteiger partial charge < -0.3 is 19.6 Å². The Kier molecular flexibility index (Phi) is 7.33. The van der Waals surface area contributed by atoms with Crippen LogP contribution in [0.1, 0.15) is 89.8 Å². The number of para-hydroxylation sites is 1. The number of aliphatic imine (C=N–C) groups is 1. The SMILES string of the molecule is NC=N/C(=C1\CC2=C(CCC=C2)O1)c1ccc(-n2c3c(c4cc(C5=Cc6c7c(n(-c8ccccc8)c6CC5)CCC=C7)ccc42)CCCC3)cc1. The van der Waals surface area contributed by atoms with Gasteiger partial charge in [0.2, 0.25) is 0 Å². The van der Waals surface area contributed by atoms with Crippen LogP contribution in [0.3, 0.4) is 0 Å². The van der Waals surface area contributed by atoms with Gasteiger partial charge in [0, 0.05) is 63.4 Å². The molecule has 0 fully saturated rings. The molecule has 2 N–H and O–H groups in total. The summed E-state index contributed by atoms with van der Waals surface area (Å²) >= 11 is 0. The fourth-order valence-electron chi connectivity index (χ4n) is 9.24. The molecule has 10 rings (SSSR count). The number of aromatic nitrogens is 2. The maximum absolute atomic E-state index is 6.32. The van der Waals surface area contributed by atoms with E-state index in [1.54, 1.807) is 0 Å². The molecule has 0 amide bonds. The number of hydrogen-bond donors (Lipinski definition) is 1. The highest BCUT2D eigenvalue weighted by Crippen LogP contribution is 2.43. The monoisotopic (exact) mass is 666 g/mol. The lowest BCUT2D eigenvalue weighted by atomic mass is 9.88. The average Bonchev–Trinajstić information content (AvgIpc) is 3.87. The van der Waals surface area contributed by atoms with Gasteiger partial charge >= 0.3 is 0 Å². The summed E-state index contributed by atoms with van der Waals surface area (Å²) in [6.07, 6.45) is 24.7. The lowest BCUT2D eigenvalue weighted by Gasteiger charge is -2.19. The van der Waals surface area contributed by atoms with Gasteiger partial charge in [0.1, 0.15) is 17.2 Å². The maximum atomic E-state index is 6.32. The Morgan fingerprint density at radius 3 is 2.39 bits per heavy atom. The Hall–Kier alpha value is -5.55. The smallest absolute Gasteiger partial charge is 0.134 e. The van der Waals surface area contributed by atoms with Crippen LogP contribution in [0.2, 0.25) is 0 Å². The molecular weight excluding hydrogens is 625 g/mol. The highest BCUT2D eigenvalue weighted by atomic mass is 16.5. The van der Waals surface area contributed by atoms with Crippen LogP contribution in [-0.2, 0) is 30.4 Å². The van der Waals surface area contributed by atoms with Crippen LogP contribution in [0, 0.1) is 0 Å². The zero-order valence-electron chi connectivity index (χ0n) is 29.0. The van der Waals surface area contributed by atoms with Crippen molar-refractivity contribution in [1.29, 1.82) is 0 Å². The molecule has 4 aliphatic carbocycles. The van der Waals surface area contributed by atoms with Gasteiger partial charge in [-0.2, -0.15) is 0 Å². The van der Waals surface area contributed by atoms with Crippen molar-refractivity contribution in [2.75, 3.05) is 0 Å². The first-order chi connectivity index (χ1) is 25.2. The van der Waals surface area contributed by atoms with E-state index in [2.05, 4.69) is 117 Å². The highest BCUT2D eigenvalue weighted by molar-refractivity contribution is 5.95. The van der Waals surface area contributed by atoms with E-state index in [1.807, 2.05) is 0 Å². The first kappa shape index (κ1) is 30.3. The molecule has 0 unspecified atom stereocenters. The molecular formula is C46H42N4O. The van der Waals surface area contributed by atoms with Gasteiger partial charge in [0.15, 0.2) is 0 Å². The number of aryl methyl sites for hydroxylation is 1. The number of fused-ring (bicyclic) bond motifs is 6. The molecule has 0 atom stereocenters. The second kappa shape index (κ2) is 12.3. The Labute approximate surface area is 299 Å². The molecule has 2 aromatic heterocycles. The zero-order valence-corrected chi connectivity index (χ0v) is 29.0. The van der Waals surface area contributed by atoms with E-state index >= 15 is 0 Å². The number of nitrogens with two attached hydrogens (primary N) is 1. The standard InChI is InChI=1S/C46H42N4O/c47-29-48-46(45-28-33-10-4-9-17-44(33)51-45)30-18-22-35(23-19-30)50-41-16-8-6-14-37(41)39-27-32(21-25-43(39)50)31-20-24-42-38(26-31)36-13-5-7-15-40(36)49(42)34-11-2-1-3-12-34/h1-5,10-13,18-19,21-23,25-27,29H,6-9,14-17,20,24,28H2,(H2,47,48)/b46-45+. The van der Waals surface area contributed by atoms with Gasteiger partial charge in [-0.05, 0) is 123 Å².